The zero-order valence-electron chi connectivity index (χ0n) is 16.4. The predicted molar refractivity (Wildman–Crippen MR) is 110 cm³/mol. The van der Waals surface area contributed by atoms with Crippen LogP contribution >= 0.6 is 0 Å². The van der Waals surface area contributed by atoms with Gasteiger partial charge in [0.2, 0.25) is 5.95 Å². The molecule has 4 aromatic rings. The third-order valence-electron chi connectivity index (χ3n) is 5.19. The second kappa shape index (κ2) is 7.12. The molecular formula is C21H22N6O2. The quantitative estimate of drug-likeness (QED) is 0.542. The Hall–Kier alpha value is -3.55. The van der Waals surface area contributed by atoms with E-state index in [9.17, 15) is 0 Å². The Kier molecular flexibility index (Phi) is 4.31. The van der Waals surface area contributed by atoms with Crippen molar-refractivity contribution in [3.8, 4) is 5.75 Å². The number of aryl methyl sites for hydroxylation is 1. The maximum Gasteiger partial charge on any atom is 0.227 e. The van der Waals surface area contributed by atoms with Gasteiger partial charge in [0.15, 0.2) is 5.65 Å². The van der Waals surface area contributed by atoms with Crippen LogP contribution in [0, 0.1) is 0 Å². The van der Waals surface area contributed by atoms with Crippen LogP contribution in [0.4, 0.5) is 11.8 Å². The molecule has 0 saturated carbocycles. The largest absolute Gasteiger partial charge is 0.497 e. The minimum Gasteiger partial charge on any atom is -0.497 e. The number of anilines is 2. The van der Waals surface area contributed by atoms with Crippen molar-refractivity contribution in [1.82, 2.24) is 19.7 Å². The molecule has 8 heteroatoms. The number of rotatable bonds is 6. The Balaban J connectivity index is 1.48. The number of nitrogens with zero attached hydrogens (tertiary/aromatic N) is 5. The SMILES string of the molecule is COc1ccc(CN2CCc3nn(C)c4nc(NCc5ccco5)nc2c34)cc1. The molecule has 4 heterocycles. The molecule has 1 N–H and O–H groups in total. The fraction of sp³-hybridized carbons (Fsp3) is 0.286. The van der Waals surface area contributed by atoms with E-state index in [0.717, 1.165) is 53.6 Å². The van der Waals surface area contributed by atoms with Gasteiger partial charge in [-0.2, -0.15) is 15.1 Å². The van der Waals surface area contributed by atoms with Crippen molar-refractivity contribution in [1.29, 1.82) is 0 Å². The van der Waals surface area contributed by atoms with Crippen LogP contribution in [0.25, 0.3) is 11.0 Å². The molecule has 8 nitrogen and oxygen atoms in total. The summed E-state index contributed by atoms with van der Waals surface area (Å²) in [6.07, 6.45) is 2.54. The zero-order valence-corrected chi connectivity index (χ0v) is 16.4. The summed E-state index contributed by atoms with van der Waals surface area (Å²) in [5.74, 6) is 3.18. The third kappa shape index (κ3) is 3.26. The minimum absolute atomic E-state index is 0.529. The van der Waals surface area contributed by atoms with Crippen LogP contribution in [0.15, 0.2) is 47.1 Å². The Morgan fingerprint density at radius 3 is 2.79 bits per heavy atom. The fourth-order valence-electron chi connectivity index (χ4n) is 3.72. The van der Waals surface area contributed by atoms with E-state index in [1.54, 1.807) is 13.4 Å². The molecule has 148 valence electrons. The highest BCUT2D eigenvalue weighted by Gasteiger charge is 2.26. The van der Waals surface area contributed by atoms with Gasteiger partial charge in [-0.05, 0) is 29.8 Å². The van der Waals surface area contributed by atoms with E-state index in [-0.39, 0.29) is 0 Å². The number of furan rings is 1. The number of methoxy groups -OCH3 is 1. The number of aromatic nitrogens is 4. The van der Waals surface area contributed by atoms with Crippen LogP contribution in [0.1, 0.15) is 17.0 Å². The topological polar surface area (TPSA) is 81.2 Å². The number of hydrogen-bond acceptors (Lipinski definition) is 7. The second-order valence-corrected chi connectivity index (χ2v) is 7.09. The van der Waals surface area contributed by atoms with Crippen molar-refractivity contribution >= 4 is 22.8 Å². The molecule has 0 fully saturated rings. The van der Waals surface area contributed by atoms with Crippen LogP contribution in [-0.2, 0) is 26.6 Å². The van der Waals surface area contributed by atoms with E-state index in [1.807, 2.05) is 36.0 Å². The van der Waals surface area contributed by atoms with Crippen molar-refractivity contribution in [3.05, 3.63) is 59.7 Å². The summed E-state index contributed by atoms with van der Waals surface area (Å²) in [5, 5.41) is 8.97. The molecule has 0 unspecified atom stereocenters. The molecule has 0 saturated heterocycles. The molecule has 0 radical (unpaired) electrons. The highest BCUT2D eigenvalue weighted by molar-refractivity contribution is 5.92. The van der Waals surface area contributed by atoms with Crippen molar-refractivity contribution in [2.75, 3.05) is 23.9 Å². The molecule has 0 amide bonds. The maximum atomic E-state index is 5.40. The first-order chi connectivity index (χ1) is 14.2. The van der Waals surface area contributed by atoms with Gasteiger partial charge in [0, 0.05) is 26.6 Å². The molecule has 0 atom stereocenters. The van der Waals surface area contributed by atoms with Crippen molar-refractivity contribution in [2.24, 2.45) is 7.05 Å². The van der Waals surface area contributed by atoms with Gasteiger partial charge in [-0.15, -0.1) is 0 Å². The van der Waals surface area contributed by atoms with Gasteiger partial charge in [0.1, 0.15) is 17.3 Å². The van der Waals surface area contributed by atoms with E-state index in [1.165, 1.54) is 5.56 Å². The van der Waals surface area contributed by atoms with Crippen LogP contribution < -0.4 is 15.0 Å². The molecule has 5 rings (SSSR count). The first-order valence-electron chi connectivity index (χ1n) is 9.59. The van der Waals surface area contributed by atoms with Crippen molar-refractivity contribution in [3.63, 3.8) is 0 Å². The van der Waals surface area contributed by atoms with Gasteiger partial charge in [-0.25, -0.2) is 4.68 Å². The van der Waals surface area contributed by atoms with Gasteiger partial charge < -0.3 is 19.4 Å². The van der Waals surface area contributed by atoms with E-state index in [4.69, 9.17) is 19.1 Å². The Morgan fingerprint density at radius 1 is 1.17 bits per heavy atom. The number of hydrogen-bond donors (Lipinski definition) is 1. The molecule has 1 aromatic carbocycles. The summed E-state index contributed by atoms with van der Waals surface area (Å²) in [6, 6.07) is 11.9. The van der Waals surface area contributed by atoms with Crippen molar-refractivity contribution in [2.45, 2.75) is 19.5 Å². The van der Waals surface area contributed by atoms with Gasteiger partial charge >= 0.3 is 0 Å². The summed E-state index contributed by atoms with van der Waals surface area (Å²) < 4.78 is 12.5. The van der Waals surface area contributed by atoms with Crippen LogP contribution in [0.2, 0.25) is 0 Å². The van der Waals surface area contributed by atoms with Crippen LogP contribution in [0.3, 0.4) is 0 Å². The van der Waals surface area contributed by atoms with E-state index in [0.29, 0.717) is 12.5 Å². The number of ether oxygens (including phenoxy) is 1. The Bertz CT molecular complexity index is 1130. The van der Waals surface area contributed by atoms with Crippen molar-refractivity contribution < 1.29 is 9.15 Å². The minimum atomic E-state index is 0.529. The summed E-state index contributed by atoms with van der Waals surface area (Å²) in [5.41, 5.74) is 3.10. The van der Waals surface area contributed by atoms with Gasteiger partial charge in [0.25, 0.3) is 0 Å². The normalized spacial score (nSPS) is 13.1. The van der Waals surface area contributed by atoms with Crippen LogP contribution in [0.5, 0.6) is 5.75 Å². The standard InChI is InChI=1S/C21H22N6O2/c1-26-19-18-17(25-26)9-10-27(13-14-5-7-15(28-2)8-6-14)20(18)24-21(23-19)22-12-16-4-3-11-29-16/h3-8,11H,9-10,12-13H2,1-2H3,(H,22,23,24). The lowest BCUT2D eigenvalue weighted by molar-refractivity contribution is 0.414. The predicted octanol–water partition coefficient (Wildman–Crippen LogP) is 3.14. The molecule has 0 spiro atoms. The Labute approximate surface area is 168 Å². The Morgan fingerprint density at radius 2 is 2.03 bits per heavy atom. The fourth-order valence-corrected chi connectivity index (χ4v) is 3.72. The average molecular weight is 390 g/mol. The molecule has 0 bridgehead atoms. The van der Waals surface area contributed by atoms with Gasteiger partial charge in [-0.1, -0.05) is 12.1 Å². The maximum absolute atomic E-state index is 5.40. The number of nitrogens with one attached hydrogen (secondary N) is 1. The summed E-state index contributed by atoms with van der Waals surface area (Å²) in [6.45, 7) is 2.16. The van der Waals surface area contributed by atoms with E-state index < -0.39 is 0 Å². The van der Waals surface area contributed by atoms with Crippen LogP contribution in [-0.4, -0.2) is 33.4 Å². The summed E-state index contributed by atoms with van der Waals surface area (Å²) in [4.78, 5) is 11.8. The molecule has 1 aliphatic heterocycles. The highest BCUT2D eigenvalue weighted by atomic mass is 16.5. The third-order valence-corrected chi connectivity index (χ3v) is 5.19. The molecule has 29 heavy (non-hydrogen) atoms. The lowest BCUT2D eigenvalue weighted by atomic mass is 10.1. The summed E-state index contributed by atoms with van der Waals surface area (Å²) in [7, 11) is 3.61. The van der Waals surface area contributed by atoms with Gasteiger partial charge in [0.05, 0.1) is 31.0 Å². The molecule has 3 aromatic heterocycles. The van der Waals surface area contributed by atoms with E-state index >= 15 is 0 Å². The highest BCUT2D eigenvalue weighted by Crippen LogP contribution is 2.33. The number of benzene rings is 1. The molecule has 1 aliphatic rings. The lowest BCUT2D eigenvalue weighted by Gasteiger charge is -2.28. The van der Waals surface area contributed by atoms with E-state index in [2.05, 4.69) is 27.4 Å². The first-order valence-corrected chi connectivity index (χ1v) is 9.59. The smallest absolute Gasteiger partial charge is 0.227 e. The molecular weight excluding hydrogens is 368 g/mol. The summed E-state index contributed by atoms with van der Waals surface area (Å²) >= 11 is 0. The lowest BCUT2D eigenvalue weighted by Crippen LogP contribution is -2.29. The van der Waals surface area contributed by atoms with Gasteiger partial charge in [-0.3, -0.25) is 0 Å². The zero-order chi connectivity index (χ0) is 19.8. The first kappa shape index (κ1) is 17.5. The average Bonchev–Trinajstić information content (AvgIpc) is 3.38. The second-order valence-electron chi connectivity index (χ2n) is 7.09. The monoisotopic (exact) mass is 390 g/mol. The molecule has 0 aliphatic carbocycles.